The lowest BCUT2D eigenvalue weighted by Crippen LogP contribution is -2.24. The zero-order valence-corrected chi connectivity index (χ0v) is 39.3. The third-order valence-corrected chi connectivity index (χ3v) is 13.4. The lowest BCUT2D eigenvalue weighted by atomic mass is 9.76. The molecule has 70 heavy (non-hydrogen) atoms. The number of nitrogens with zero attached hydrogens (tertiary/aromatic N) is 2. The van der Waals surface area contributed by atoms with Crippen molar-refractivity contribution in [3.05, 3.63) is 321 Å². The van der Waals surface area contributed by atoms with Crippen LogP contribution in [0.15, 0.2) is 254 Å². The molecule has 8 aromatic rings. The number of benzene rings is 8. The number of carbonyl (C=O) groups excluding carboxylic acids is 3. The van der Waals surface area contributed by atoms with E-state index in [0.29, 0.717) is 46.5 Å². The Morgan fingerprint density at radius 3 is 1.01 bits per heavy atom. The first-order valence-corrected chi connectivity index (χ1v) is 23.8. The van der Waals surface area contributed by atoms with Crippen molar-refractivity contribution in [2.24, 2.45) is 0 Å². The highest BCUT2D eigenvalue weighted by Gasteiger charge is 2.35. The maximum absolute atomic E-state index is 14.6. The Kier molecular flexibility index (Phi) is 13.1. The minimum atomic E-state index is -0.352. The number of carbonyl (C=O) groups is 3. The van der Waals surface area contributed by atoms with Gasteiger partial charge in [-0.15, -0.1) is 0 Å². The molecule has 0 fully saturated rings. The summed E-state index contributed by atoms with van der Waals surface area (Å²) in [7, 11) is 0. The summed E-state index contributed by atoms with van der Waals surface area (Å²) in [6.07, 6.45) is 8.33. The molecular formula is C65H52N2O3. The maximum Gasteiger partial charge on any atom is 0.193 e. The van der Waals surface area contributed by atoms with Gasteiger partial charge in [-0.1, -0.05) is 218 Å². The molecule has 2 heterocycles. The van der Waals surface area contributed by atoms with Gasteiger partial charge in [0.2, 0.25) is 0 Å². The Hall–Kier alpha value is -8.67. The largest absolute Gasteiger partial charge is 0.349 e. The van der Waals surface area contributed by atoms with Crippen molar-refractivity contribution < 1.29 is 14.4 Å². The molecule has 2 aliphatic rings. The summed E-state index contributed by atoms with van der Waals surface area (Å²) < 4.78 is 0. The van der Waals surface area contributed by atoms with E-state index in [1.54, 1.807) is 0 Å². The van der Waals surface area contributed by atoms with Crippen LogP contribution in [0.3, 0.4) is 0 Å². The minimum Gasteiger partial charge on any atom is -0.349 e. The summed E-state index contributed by atoms with van der Waals surface area (Å²) in [6.45, 7) is 5.35. The Bertz CT molecular complexity index is 3090. The van der Waals surface area contributed by atoms with Crippen molar-refractivity contribution in [1.82, 2.24) is 9.80 Å². The fourth-order valence-corrected chi connectivity index (χ4v) is 9.85. The predicted octanol–water partition coefficient (Wildman–Crippen LogP) is 14.3. The van der Waals surface area contributed by atoms with Gasteiger partial charge >= 0.3 is 0 Å². The molecule has 0 N–H and O–H groups in total. The molecule has 0 bridgehead atoms. The molecule has 340 valence electrons. The zero-order chi connectivity index (χ0) is 48.0. The van der Waals surface area contributed by atoms with Gasteiger partial charge in [-0.2, -0.15) is 0 Å². The van der Waals surface area contributed by atoms with Gasteiger partial charge < -0.3 is 9.80 Å². The third kappa shape index (κ3) is 9.56. The number of Topliss-reactive ketones (excluding diaryl/α,β-unsaturated/α-hetero) is 2. The van der Waals surface area contributed by atoms with Gasteiger partial charge in [0.1, 0.15) is 0 Å². The van der Waals surface area contributed by atoms with Gasteiger partial charge in [-0.25, -0.2) is 0 Å². The highest BCUT2D eigenvalue weighted by Crippen LogP contribution is 2.46. The monoisotopic (exact) mass is 908 g/mol. The van der Waals surface area contributed by atoms with Crippen LogP contribution in [0.5, 0.6) is 0 Å². The molecule has 0 aromatic heterocycles. The summed E-state index contributed by atoms with van der Waals surface area (Å²) in [5, 5.41) is 0. The summed E-state index contributed by atoms with van der Waals surface area (Å²) in [5.74, 6) is -0.860. The first-order valence-electron chi connectivity index (χ1n) is 23.8. The number of hydrogen-bond donors (Lipinski definition) is 0. The van der Waals surface area contributed by atoms with Crippen molar-refractivity contribution in [1.29, 1.82) is 0 Å². The van der Waals surface area contributed by atoms with E-state index in [9.17, 15) is 14.4 Å². The molecule has 0 saturated carbocycles. The molecule has 0 saturated heterocycles. The molecule has 8 aromatic carbocycles. The smallest absolute Gasteiger partial charge is 0.193 e. The van der Waals surface area contributed by atoms with Crippen LogP contribution >= 0.6 is 0 Å². The van der Waals surface area contributed by atoms with Crippen LogP contribution in [0.25, 0.3) is 11.1 Å². The summed E-state index contributed by atoms with van der Waals surface area (Å²) in [5.41, 5.74) is 14.0. The van der Waals surface area contributed by atoms with E-state index >= 15 is 0 Å². The SMILES string of the molecule is Cc1ccccc1C1C(C(=O)c2ccccc2)=CN(Cc2ccccc2)C=C1c1ccc(C(=O)c2ccc(C3=CN(Cc4ccccc4)C=C(C(=O)c4ccccc4)C3c3ccccc3C)cc2)cc1. The first-order chi connectivity index (χ1) is 34.3. The van der Waals surface area contributed by atoms with E-state index in [0.717, 1.165) is 55.7 Å². The van der Waals surface area contributed by atoms with Crippen molar-refractivity contribution in [3.8, 4) is 0 Å². The number of ketones is 3. The van der Waals surface area contributed by atoms with Gasteiger partial charge in [0.15, 0.2) is 17.3 Å². The zero-order valence-electron chi connectivity index (χ0n) is 39.3. The third-order valence-electron chi connectivity index (χ3n) is 13.4. The minimum absolute atomic E-state index is 0.0269. The molecule has 10 rings (SSSR count). The van der Waals surface area contributed by atoms with Crippen LogP contribution in [0, 0.1) is 13.8 Å². The molecule has 0 radical (unpaired) electrons. The van der Waals surface area contributed by atoms with Crippen molar-refractivity contribution >= 4 is 28.5 Å². The Morgan fingerprint density at radius 2 is 0.657 bits per heavy atom. The quantitative estimate of drug-likeness (QED) is 0.102. The Morgan fingerprint density at radius 1 is 0.343 bits per heavy atom. The number of allylic oxidation sites excluding steroid dienone is 4. The predicted molar refractivity (Wildman–Crippen MR) is 282 cm³/mol. The lowest BCUT2D eigenvalue weighted by Gasteiger charge is -2.33. The van der Waals surface area contributed by atoms with E-state index in [1.807, 2.05) is 182 Å². The molecule has 0 spiro atoms. The highest BCUT2D eigenvalue weighted by molar-refractivity contribution is 6.13. The van der Waals surface area contributed by atoms with Crippen LogP contribution in [0.2, 0.25) is 0 Å². The summed E-state index contributed by atoms with van der Waals surface area (Å²) in [6, 6.07) is 71.6. The van der Waals surface area contributed by atoms with Gasteiger partial charge in [0.25, 0.3) is 0 Å². The molecule has 5 nitrogen and oxygen atoms in total. The Balaban J connectivity index is 0.991. The number of aryl methyl sites for hydroxylation is 2. The van der Waals surface area contributed by atoms with Crippen LogP contribution in [-0.4, -0.2) is 27.1 Å². The Labute approximate surface area is 410 Å². The van der Waals surface area contributed by atoms with Gasteiger partial charge in [-0.3, -0.25) is 14.4 Å². The van der Waals surface area contributed by atoms with Crippen molar-refractivity contribution in [2.75, 3.05) is 0 Å². The average molecular weight is 909 g/mol. The van der Waals surface area contributed by atoms with E-state index in [4.69, 9.17) is 0 Å². The lowest BCUT2D eigenvalue weighted by molar-refractivity contribution is 0.102. The van der Waals surface area contributed by atoms with E-state index in [-0.39, 0.29) is 29.2 Å². The topological polar surface area (TPSA) is 57.7 Å². The van der Waals surface area contributed by atoms with Crippen LogP contribution in [0.1, 0.15) is 93.0 Å². The standard InChI is InChI=1S/C65H52N2O3/c1-45-19-15-17-29-55(45)61-57(41-66(39-47-21-7-3-8-22-47)43-59(61)64(69)51-25-11-5-12-26-51)49-31-35-53(36-32-49)63(68)54-37-33-50(34-38-54)58-42-67(40-48-23-9-4-10-24-48)44-60(65(70)52-27-13-6-14-28-52)62(58)56-30-18-16-20-46(56)2/h3-38,41-44,61-62H,39-40H2,1-2H3. The second kappa shape index (κ2) is 20.3. The normalized spacial score (nSPS) is 15.6. The highest BCUT2D eigenvalue weighted by atomic mass is 16.1. The molecular weight excluding hydrogens is 857 g/mol. The number of rotatable bonds is 14. The molecule has 0 aliphatic carbocycles. The van der Waals surface area contributed by atoms with Crippen molar-refractivity contribution in [3.63, 3.8) is 0 Å². The van der Waals surface area contributed by atoms with Crippen LogP contribution in [0.4, 0.5) is 0 Å². The molecule has 2 unspecified atom stereocenters. The number of hydrogen-bond acceptors (Lipinski definition) is 5. The fraction of sp³-hybridized carbons (Fsp3) is 0.0923. The summed E-state index contributed by atoms with van der Waals surface area (Å²) in [4.78, 5) is 47.9. The van der Waals surface area contributed by atoms with Crippen LogP contribution in [-0.2, 0) is 13.1 Å². The second-order valence-electron chi connectivity index (χ2n) is 18.1. The molecule has 2 aliphatic heterocycles. The second-order valence-corrected chi connectivity index (χ2v) is 18.1. The van der Waals surface area contributed by atoms with E-state index in [2.05, 4.69) is 84.6 Å². The van der Waals surface area contributed by atoms with E-state index < -0.39 is 0 Å². The average Bonchev–Trinajstić information content (AvgIpc) is 3.41. The molecule has 2 atom stereocenters. The van der Waals surface area contributed by atoms with Crippen molar-refractivity contribution in [2.45, 2.75) is 38.8 Å². The molecule has 5 heteroatoms. The maximum atomic E-state index is 14.6. The first kappa shape index (κ1) is 45.1. The molecule has 0 amide bonds. The fourth-order valence-electron chi connectivity index (χ4n) is 9.85. The van der Waals surface area contributed by atoms with Gasteiger partial charge in [-0.05, 0) is 69.5 Å². The van der Waals surface area contributed by atoms with Gasteiger partial charge in [0.05, 0.1) is 0 Å². The van der Waals surface area contributed by atoms with Crippen LogP contribution < -0.4 is 0 Å². The van der Waals surface area contributed by atoms with E-state index in [1.165, 1.54) is 0 Å². The van der Waals surface area contributed by atoms with Gasteiger partial charge in [0, 0.05) is 83.1 Å². The summed E-state index contributed by atoms with van der Waals surface area (Å²) >= 11 is 0.